The van der Waals surface area contributed by atoms with Gasteiger partial charge in [-0.2, -0.15) is 0 Å². The molecule has 35 heavy (non-hydrogen) atoms. The van der Waals surface area contributed by atoms with Gasteiger partial charge in [0.25, 0.3) is 5.91 Å². The molecular weight excluding hydrogens is 436 g/mol. The minimum Gasteiger partial charge on any atom is -0.448 e. The lowest BCUT2D eigenvalue weighted by Gasteiger charge is -2.33. The van der Waals surface area contributed by atoms with Crippen LogP contribution in [0.5, 0.6) is 0 Å². The molecule has 0 radical (unpaired) electrons. The maximum absolute atomic E-state index is 13.3. The summed E-state index contributed by atoms with van der Waals surface area (Å²) >= 11 is 0. The summed E-state index contributed by atoms with van der Waals surface area (Å²) in [5.41, 5.74) is 7.92. The molecule has 2 bridgehead atoms. The number of rotatable bonds is 4. The standard InChI is InChI=1S/C30H28N2O3/c1-31-29(33)20-12-10-19(11-13-20)21-16-22-14-15-23(17-21)32(22)30(34)35-18-28-26-8-4-2-6-24(26)25-7-3-5-9-27(25)28/h2-13,16,22-23,28H,14-15,17-18H2,1H3,(H,31,33). The van der Waals surface area contributed by atoms with Gasteiger partial charge in [0.1, 0.15) is 6.61 Å². The van der Waals surface area contributed by atoms with E-state index in [1.165, 1.54) is 27.8 Å². The van der Waals surface area contributed by atoms with Crippen LogP contribution < -0.4 is 5.32 Å². The Morgan fingerprint density at radius 3 is 2.20 bits per heavy atom. The van der Waals surface area contributed by atoms with Gasteiger partial charge in [0.15, 0.2) is 0 Å². The molecule has 1 aliphatic carbocycles. The van der Waals surface area contributed by atoms with Crippen LogP contribution in [0.3, 0.4) is 0 Å². The van der Waals surface area contributed by atoms with Gasteiger partial charge in [0.2, 0.25) is 0 Å². The molecule has 3 aromatic carbocycles. The van der Waals surface area contributed by atoms with E-state index in [4.69, 9.17) is 4.74 Å². The minimum atomic E-state index is -0.218. The molecule has 2 atom stereocenters. The van der Waals surface area contributed by atoms with Gasteiger partial charge in [-0.1, -0.05) is 66.7 Å². The van der Waals surface area contributed by atoms with Crippen molar-refractivity contribution in [1.82, 2.24) is 10.2 Å². The molecule has 0 spiro atoms. The fraction of sp³-hybridized carbons (Fsp3) is 0.267. The van der Waals surface area contributed by atoms with Gasteiger partial charge in [0, 0.05) is 24.6 Å². The molecule has 1 N–H and O–H groups in total. The fourth-order valence-corrected chi connectivity index (χ4v) is 5.98. The van der Waals surface area contributed by atoms with Crippen LogP contribution in [-0.4, -0.2) is 42.6 Å². The van der Waals surface area contributed by atoms with Gasteiger partial charge < -0.3 is 10.1 Å². The summed E-state index contributed by atoms with van der Waals surface area (Å²) in [6, 6.07) is 24.7. The molecule has 176 valence electrons. The quantitative estimate of drug-likeness (QED) is 0.546. The lowest BCUT2D eigenvalue weighted by molar-refractivity contribution is 0.0866. The molecule has 0 saturated carbocycles. The highest BCUT2D eigenvalue weighted by molar-refractivity contribution is 5.94. The van der Waals surface area contributed by atoms with E-state index < -0.39 is 0 Å². The zero-order valence-corrected chi connectivity index (χ0v) is 19.7. The monoisotopic (exact) mass is 464 g/mol. The van der Waals surface area contributed by atoms with Crippen LogP contribution in [0.15, 0.2) is 78.9 Å². The number of carbonyl (C=O) groups excluding carboxylic acids is 2. The van der Waals surface area contributed by atoms with Crippen LogP contribution in [0, 0.1) is 0 Å². The summed E-state index contributed by atoms with van der Waals surface area (Å²) in [5, 5.41) is 2.65. The molecule has 3 aliphatic rings. The third-order valence-corrected chi connectivity index (χ3v) is 7.69. The first kappa shape index (κ1) is 21.7. The summed E-state index contributed by atoms with van der Waals surface area (Å²) in [5.74, 6) is -0.0191. The minimum absolute atomic E-state index is 0.0537. The second-order valence-electron chi connectivity index (χ2n) is 9.56. The fourth-order valence-electron chi connectivity index (χ4n) is 5.98. The molecule has 2 amide bonds. The Kier molecular flexibility index (Phi) is 5.40. The Morgan fingerprint density at radius 1 is 0.914 bits per heavy atom. The second-order valence-corrected chi connectivity index (χ2v) is 9.56. The zero-order valence-electron chi connectivity index (χ0n) is 19.7. The second kappa shape index (κ2) is 8.73. The number of hydrogen-bond acceptors (Lipinski definition) is 3. The lowest BCUT2D eigenvalue weighted by Crippen LogP contribution is -2.43. The average molecular weight is 465 g/mol. The number of amides is 2. The third-order valence-electron chi connectivity index (χ3n) is 7.69. The first-order valence-electron chi connectivity index (χ1n) is 12.3. The molecular formula is C30H28N2O3. The topological polar surface area (TPSA) is 58.6 Å². The van der Waals surface area contributed by atoms with Gasteiger partial charge in [-0.25, -0.2) is 4.79 Å². The normalized spacial score (nSPS) is 20.1. The largest absolute Gasteiger partial charge is 0.448 e. The molecule has 3 aromatic rings. The van der Waals surface area contributed by atoms with Crippen LogP contribution in [-0.2, 0) is 4.74 Å². The van der Waals surface area contributed by atoms with Crippen molar-refractivity contribution in [3.63, 3.8) is 0 Å². The van der Waals surface area contributed by atoms with Crippen molar-refractivity contribution in [2.45, 2.75) is 37.3 Å². The van der Waals surface area contributed by atoms with Crippen molar-refractivity contribution in [3.05, 3.63) is 101 Å². The van der Waals surface area contributed by atoms with E-state index in [1.807, 2.05) is 29.2 Å². The maximum atomic E-state index is 13.3. The molecule has 5 heteroatoms. The Hall–Kier alpha value is -3.86. The van der Waals surface area contributed by atoms with Crippen LogP contribution in [0.25, 0.3) is 16.7 Å². The first-order valence-corrected chi connectivity index (χ1v) is 12.3. The van der Waals surface area contributed by atoms with Gasteiger partial charge in [-0.15, -0.1) is 0 Å². The first-order chi connectivity index (χ1) is 17.1. The molecule has 2 unspecified atom stereocenters. The predicted octanol–water partition coefficient (Wildman–Crippen LogP) is 5.62. The van der Waals surface area contributed by atoms with Crippen molar-refractivity contribution >= 4 is 17.6 Å². The van der Waals surface area contributed by atoms with Crippen LogP contribution in [0.1, 0.15) is 52.2 Å². The van der Waals surface area contributed by atoms with Crippen molar-refractivity contribution in [3.8, 4) is 11.1 Å². The van der Waals surface area contributed by atoms with Crippen LogP contribution >= 0.6 is 0 Å². The van der Waals surface area contributed by atoms with Crippen LogP contribution in [0.4, 0.5) is 4.79 Å². The van der Waals surface area contributed by atoms with Crippen LogP contribution in [0.2, 0.25) is 0 Å². The molecule has 6 rings (SSSR count). The van der Waals surface area contributed by atoms with E-state index in [2.05, 4.69) is 59.9 Å². The van der Waals surface area contributed by atoms with Crippen molar-refractivity contribution < 1.29 is 14.3 Å². The predicted molar refractivity (Wildman–Crippen MR) is 136 cm³/mol. The van der Waals surface area contributed by atoms with Gasteiger partial charge >= 0.3 is 6.09 Å². The maximum Gasteiger partial charge on any atom is 0.410 e. The highest BCUT2D eigenvalue weighted by Gasteiger charge is 2.41. The summed E-state index contributed by atoms with van der Waals surface area (Å²) < 4.78 is 5.97. The smallest absolute Gasteiger partial charge is 0.410 e. The van der Waals surface area contributed by atoms with Gasteiger partial charge in [0.05, 0.1) is 6.04 Å². The summed E-state index contributed by atoms with van der Waals surface area (Å²) in [4.78, 5) is 27.0. The van der Waals surface area contributed by atoms with E-state index in [0.717, 1.165) is 24.8 Å². The number of nitrogens with zero attached hydrogens (tertiary/aromatic N) is 1. The Labute approximate surface area is 205 Å². The van der Waals surface area contributed by atoms with E-state index in [1.54, 1.807) is 7.05 Å². The summed E-state index contributed by atoms with van der Waals surface area (Å²) in [6.07, 6.45) is 4.73. The molecule has 2 aliphatic heterocycles. The van der Waals surface area contributed by atoms with Crippen molar-refractivity contribution in [1.29, 1.82) is 0 Å². The number of nitrogens with one attached hydrogen (secondary N) is 1. The summed E-state index contributed by atoms with van der Waals surface area (Å²) in [6.45, 7) is 0.348. The van der Waals surface area contributed by atoms with Gasteiger partial charge in [-0.05, 0) is 64.8 Å². The van der Waals surface area contributed by atoms with Gasteiger partial charge in [-0.3, -0.25) is 9.69 Å². The zero-order chi connectivity index (χ0) is 23.9. The average Bonchev–Trinajstić information content (AvgIpc) is 3.37. The summed E-state index contributed by atoms with van der Waals surface area (Å²) in [7, 11) is 1.63. The van der Waals surface area contributed by atoms with Crippen molar-refractivity contribution in [2.24, 2.45) is 0 Å². The molecule has 2 heterocycles. The Bertz CT molecular complexity index is 1280. The van der Waals surface area contributed by atoms with E-state index in [-0.39, 0.29) is 30.0 Å². The molecule has 5 nitrogen and oxygen atoms in total. The molecule has 0 aromatic heterocycles. The lowest BCUT2D eigenvalue weighted by atomic mass is 9.94. The number of benzene rings is 3. The van der Waals surface area contributed by atoms with E-state index in [9.17, 15) is 9.59 Å². The molecule has 1 fully saturated rings. The Morgan fingerprint density at radius 2 is 1.57 bits per heavy atom. The number of carbonyl (C=O) groups is 2. The van der Waals surface area contributed by atoms with E-state index in [0.29, 0.717) is 12.2 Å². The number of fused-ring (bicyclic) bond motifs is 5. The Balaban J connectivity index is 1.17. The number of hydrogen-bond donors (Lipinski definition) is 1. The third kappa shape index (κ3) is 3.72. The van der Waals surface area contributed by atoms with E-state index >= 15 is 0 Å². The highest BCUT2D eigenvalue weighted by atomic mass is 16.6. The SMILES string of the molecule is CNC(=O)c1ccc(C2=CC3CCC(C2)N3C(=O)OCC2c3ccccc3-c3ccccc32)cc1. The highest BCUT2D eigenvalue weighted by Crippen LogP contribution is 2.45. The number of ether oxygens (including phenoxy) is 1. The van der Waals surface area contributed by atoms with Crippen molar-refractivity contribution in [2.75, 3.05) is 13.7 Å². The molecule has 1 saturated heterocycles.